The molecule has 21 heavy (non-hydrogen) atoms. The third-order valence-corrected chi connectivity index (χ3v) is 4.69. The Morgan fingerprint density at radius 3 is 2.48 bits per heavy atom. The third kappa shape index (κ3) is 6.56. The molecule has 0 aromatic heterocycles. The van der Waals surface area contributed by atoms with Crippen LogP contribution < -0.4 is 11.1 Å². The fourth-order valence-corrected chi connectivity index (χ4v) is 3.39. The number of amides is 3. The fraction of sp³-hybridized carbons (Fsp3) is 0.857. The van der Waals surface area contributed by atoms with Gasteiger partial charge in [0.25, 0.3) is 0 Å². The smallest absolute Gasteiger partial charge is 0.333 e. The second kappa shape index (κ2) is 10.7. The van der Waals surface area contributed by atoms with Crippen molar-refractivity contribution in [3.63, 3.8) is 0 Å². The van der Waals surface area contributed by atoms with E-state index in [0.717, 1.165) is 25.1 Å². The first kappa shape index (κ1) is 18.1. The van der Waals surface area contributed by atoms with E-state index in [1.807, 2.05) is 0 Å². The highest BCUT2D eigenvalue weighted by molar-refractivity contribution is 8.00. The van der Waals surface area contributed by atoms with E-state index in [2.05, 4.69) is 12.2 Å². The number of thioether (sulfide) groups is 1. The zero-order valence-electron chi connectivity index (χ0n) is 12.9. The summed E-state index contributed by atoms with van der Waals surface area (Å²) in [4.78, 5) is 22.8. The summed E-state index contributed by atoms with van der Waals surface area (Å²) in [6, 6.07) is -0.567. The van der Waals surface area contributed by atoms with Crippen molar-refractivity contribution in [1.29, 1.82) is 0 Å². The normalized spacial score (nSPS) is 17.7. The van der Waals surface area contributed by atoms with Crippen molar-refractivity contribution in [2.45, 2.75) is 57.4 Å². The van der Waals surface area contributed by atoms with E-state index in [0.29, 0.717) is 13.0 Å². The second-order valence-electron chi connectivity index (χ2n) is 5.25. The van der Waals surface area contributed by atoms with Crippen LogP contribution in [0.1, 0.15) is 51.9 Å². The Hall–Kier alpha value is -0.950. The van der Waals surface area contributed by atoms with Gasteiger partial charge in [-0.25, -0.2) is 14.8 Å². The lowest BCUT2D eigenvalue weighted by molar-refractivity contribution is -0.131. The van der Waals surface area contributed by atoms with Gasteiger partial charge in [0.2, 0.25) is 6.41 Å². The summed E-state index contributed by atoms with van der Waals surface area (Å²) in [6.45, 7) is 3.54. The SMILES string of the molecule is CCCCCCCCCN(C(N)=O)N(C=O)C1NCCS1. The first-order valence-corrected chi connectivity index (χ1v) is 8.91. The van der Waals surface area contributed by atoms with Gasteiger partial charge in [0.1, 0.15) is 5.50 Å². The van der Waals surface area contributed by atoms with Gasteiger partial charge in [-0.1, -0.05) is 45.4 Å². The average Bonchev–Trinajstić information content (AvgIpc) is 2.99. The van der Waals surface area contributed by atoms with Crippen LogP contribution in [-0.4, -0.2) is 46.8 Å². The van der Waals surface area contributed by atoms with E-state index < -0.39 is 6.03 Å². The lowest BCUT2D eigenvalue weighted by Crippen LogP contribution is -2.55. The molecule has 0 aromatic carbocycles. The van der Waals surface area contributed by atoms with Gasteiger partial charge < -0.3 is 5.73 Å². The quantitative estimate of drug-likeness (QED) is 0.348. The summed E-state index contributed by atoms with van der Waals surface area (Å²) in [5, 5.41) is 5.92. The van der Waals surface area contributed by atoms with Gasteiger partial charge in [-0.2, -0.15) is 0 Å². The van der Waals surface area contributed by atoms with Crippen LogP contribution in [0.2, 0.25) is 0 Å². The number of nitrogens with zero attached hydrogens (tertiary/aromatic N) is 2. The summed E-state index contributed by atoms with van der Waals surface area (Å²) in [5.41, 5.74) is 5.23. The molecule has 3 amide bonds. The van der Waals surface area contributed by atoms with Crippen molar-refractivity contribution >= 4 is 24.2 Å². The molecule has 1 saturated heterocycles. The maximum Gasteiger partial charge on any atom is 0.333 e. The number of carbonyl (C=O) groups excluding carboxylic acids is 2. The molecule has 1 atom stereocenters. The van der Waals surface area contributed by atoms with Crippen LogP contribution in [0.5, 0.6) is 0 Å². The Bertz CT molecular complexity index is 311. The summed E-state index contributed by atoms with van der Waals surface area (Å²) < 4.78 is 0. The van der Waals surface area contributed by atoms with E-state index >= 15 is 0 Å². The zero-order valence-corrected chi connectivity index (χ0v) is 13.7. The van der Waals surface area contributed by atoms with Gasteiger partial charge in [-0.05, 0) is 6.42 Å². The van der Waals surface area contributed by atoms with E-state index in [1.165, 1.54) is 42.1 Å². The Balaban J connectivity index is 2.31. The monoisotopic (exact) mass is 316 g/mol. The molecule has 0 saturated carbocycles. The minimum Gasteiger partial charge on any atom is -0.350 e. The lowest BCUT2D eigenvalue weighted by Gasteiger charge is -2.34. The minimum absolute atomic E-state index is 0.181. The molecule has 1 aliphatic rings. The van der Waals surface area contributed by atoms with Crippen LogP contribution in [0, 0.1) is 0 Å². The summed E-state index contributed by atoms with van der Waals surface area (Å²) in [7, 11) is 0. The number of hydrogen-bond donors (Lipinski definition) is 2. The van der Waals surface area contributed by atoms with Crippen LogP contribution in [0.15, 0.2) is 0 Å². The summed E-state index contributed by atoms with van der Waals surface area (Å²) >= 11 is 1.61. The number of carbonyl (C=O) groups is 2. The number of hydrogen-bond acceptors (Lipinski definition) is 4. The molecular weight excluding hydrogens is 288 g/mol. The van der Waals surface area contributed by atoms with Gasteiger partial charge in [-0.15, -0.1) is 11.8 Å². The molecule has 0 radical (unpaired) electrons. The number of urea groups is 1. The van der Waals surface area contributed by atoms with E-state index in [1.54, 1.807) is 11.8 Å². The van der Waals surface area contributed by atoms with Gasteiger partial charge >= 0.3 is 6.03 Å². The molecule has 0 aliphatic carbocycles. The van der Waals surface area contributed by atoms with Gasteiger partial charge in [0.15, 0.2) is 0 Å². The van der Waals surface area contributed by atoms with Crippen molar-refractivity contribution < 1.29 is 9.59 Å². The Morgan fingerprint density at radius 2 is 1.95 bits per heavy atom. The average molecular weight is 316 g/mol. The molecule has 122 valence electrons. The zero-order chi connectivity index (χ0) is 15.5. The highest BCUT2D eigenvalue weighted by Gasteiger charge is 2.28. The first-order valence-electron chi connectivity index (χ1n) is 7.86. The third-order valence-electron chi connectivity index (χ3n) is 3.55. The molecule has 0 bridgehead atoms. The Kier molecular flexibility index (Phi) is 9.25. The Morgan fingerprint density at radius 1 is 1.29 bits per heavy atom. The minimum atomic E-state index is -0.567. The van der Waals surface area contributed by atoms with Crippen LogP contribution in [0.4, 0.5) is 4.79 Å². The maximum atomic E-state index is 11.6. The number of nitrogens with one attached hydrogen (secondary N) is 1. The number of rotatable bonds is 11. The maximum absolute atomic E-state index is 11.6. The summed E-state index contributed by atoms with van der Waals surface area (Å²) in [6.07, 6.45) is 8.84. The second-order valence-corrected chi connectivity index (χ2v) is 6.43. The highest BCUT2D eigenvalue weighted by Crippen LogP contribution is 2.19. The molecule has 1 aliphatic heterocycles. The molecular formula is C14H28N4O2S. The molecule has 1 rings (SSSR count). The Labute approximate surface area is 131 Å². The van der Waals surface area contributed by atoms with Crippen molar-refractivity contribution in [1.82, 2.24) is 15.3 Å². The summed E-state index contributed by atoms with van der Waals surface area (Å²) in [5.74, 6) is 0.930. The molecule has 3 N–H and O–H groups in total. The van der Waals surface area contributed by atoms with Crippen molar-refractivity contribution in [3.8, 4) is 0 Å². The first-order chi connectivity index (χ1) is 10.2. The number of nitrogens with two attached hydrogens (primary N) is 1. The predicted molar refractivity (Wildman–Crippen MR) is 86.4 cm³/mol. The van der Waals surface area contributed by atoms with E-state index in [4.69, 9.17) is 5.73 Å². The van der Waals surface area contributed by atoms with Crippen molar-refractivity contribution in [3.05, 3.63) is 0 Å². The van der Waals surface area contributed by atoms with Crippen LogP contribution in [-0.2, 0) is 4.79 Å². The fourth-order valence-electron chi connectivity index (χ4n) is 2.38. The van der Waals surface area contributed by atoms with Gasteiger partial charge in [0.05, 0.1) is 0 Å². The topological polar surface area (TPSA) is 78.7 Å². The van der Waals surface area contributed by atoms with Gasteiger partial charge in [0, 0.05) is 18.8 Å². The molecule has 7 heteroatoms. The van der Waals surface area contributed by atoms with Crippen LogP contribution in [0.3, 0.4) is 0 Å². The molecule has 0 aromatic rings. The van der Waals surface area contributed by atoms with E-state index in [9.17, 15) is 9.59 Å². The predicted octanol–water partition coefficient (Wildman–Crippen LogP) is 2.11. The molecule has 6 nitrogen and oxygen atoms in total. The highest BCUT2D eigenvalue weighted by atomic mass is 32.2. The van der Waals surface area contributed by atoms with Crippen molar-refractivity contribution in [2.75, 3.05) is 18.8 Å². The molecule has 1 heterocycles. The molecule has 0 spiro atoms. The molecule has 1 unspecified atom stereocenters. The number of unbranched alkanes of at least 4 members (excludes halogenated alkanes) is 6. The van der Waals surface area contributed by atoms with Crippen LogP contribution >= 0.6 is 11.8 Å². The number of primary amides is 1. The standard InChI is InChI=1S/C14H28N4O2S/c1-2-3-4-5-6-7-8-10-17(13(15)20)18(12-19)14-16-9-11-21-14/h12,14,16H,2-11H2,1H3,(H2,15,20). The van der Waals surface area contributed by atoms with Crippen LogP contribution in [0.25, 0.3) is 0 Å². The van der Waals surface area contributed by atoms with E-state index in [-0.39, 0.29) is 5.50 Å². The molecule has 1 fully saturated rings. The largest absolute Gasteiger partial charge is 0.350 e. The number of hydrazine groups is 1. The lowest BCUT2D eigenvalue weighted by atomic mass is 10.1. The van der Waals surface area contributed by atoms with Crippen molar-refractivity contribution in [2.24, 2.45) is 5.73 Å². The van der Waals surface area contributed by atoms with Gasteiger partial charge in [-0.3, -0.25) is 10.1 Å².